The molecule has 0 atom stereocenters. The monoisotopic (exact) mass is 228 g/mol. The zero-order valence-corrected chi connectivity index (χ0v) is 8.98. The number of benzene rings is 1. The fourth-order valence-electron chi connectivity index (χ4n) is 1.13. The number of nitrogens with two attached hydrogens (primary N) is 1. The van der Waals surface area contributed by atoms with Crippen LogP contribution >= 0.6 is 11.8 Å². The Hall–Kier alpha value is -1.07. The Bertz CT molecular complexity index is 357. The topological polar surface area (TPSA) is 70.1 Å². The van der Waals surface area contributed by atoms with Gasteiger partial charge in [-0.15, -0.1) is 11.8 Å². The zero-order valence-electron chi connectivity index (χ0n) is 8.16. The molecule has 3 nitrogen and oxygen atoms in total. The number of rotatable bonds is 5. The number of thioether (sulfide) groups is 1. The summed E-state index contributed by atoms with van der Waals surface area (Å²) >= 11 is 1.39. The van der Waals surface area contributed by atoms with Gasteiger partial charge < -0.3 is 10.8 Å². The number of nitrogen functional groups attached to an aromatic ring is 1. The average molecular weight is 228 g/mol. The standard InChI is InChI=1S/C10H13FN2OS/c11-7-3-1-4-8(9(7)10(12)13)15-6-2-5-14/h1,3-4,14H,2,5-6H2,(H3,12,13). The van der Waals surface area contributed by atoms with Crippen molar-refractivity contribution in [2.24, 2.45) is 5.73 Å². The molecule has 0 aliphatic heterocycles. The highest BCUT2D eigenvalue weighted by atomic mass is 32.2. The van der Waals surface area contributed by atoms with E-state index in [0.717, 1.165) is 0 Å². The van der Waals surface area contributed by atoms with Crippen molar-refractivity contribution in [2.75, 3.05) is 12.4 Å². The molecule has 0 aromatic heterocycles. The average Bonchev–Trinajstić information content (AvgIpc) is 2.17. The second-order valence-corrected chi connectivity index (χ2v) is 4.09. The van der Waals surface area contributed by atoms with E-state index in [1.165, 1.54) is 17.8 Å². The van der Waals surface area contributed by atoms with Crippen LogP contribution in [-0.4, -0.2) is 23.3 Å². The van der Waals surface area contributed by atoms with Gasteiger partial charge in [0.1, 0.15) is 11.7 Å². The number of aliphatic hydroxyl groups is 1. The molecule has 1 aromatic rings. The van der Waals surface area contributed by atoms with E-state index in [1.807, 2.05) is 0 Å². The van der Waals surface area contributed by atoms with Gasteiger partial charge in [0, 0.05) is 17.3 Å². The van der Waals surface area contributed by atoms with E-state index in [0.29, 0.717) is 17.1 Å². The van der Waals surface area contributed by atoms with Crippen LogP contribution < -0.4 is 5.73 Å². The second kappa shape index (κ2) is 5.72. The van der Waals surface area contributed by atoms with E-state index < -0.39 is 5.82 Å². The molecule has 0 bridgehead atoms. The number of nitrogens with one attached hydrogen (secondary N) is 1. The van der Waals surface area contributed by atoms with Gasteiger partial charge in [-0.3, -0.25) is 5.41 Å². The maximum atomic E-state index is 13.3. The van der Waals surface area contributed by atoms with E-state index in [-0.39, 0.29) is 18.0 Å². The van der Waals surface area contributed by atoms with Crippen LogP contribution in [0.5, 0.6) is 0 Å². The van der Waals surface area contributed by atoms with Gasteiger partial charge in [0.05, 0.1) is 5.56 Å². The predicted molar refractivity (Wildman–Crippen MR) is 59.8 cm³/mol. The number of hydrogen-bond acceptors (Lipinski definition) is 3. The summed E-state index contributed by atoms with van der Waals surface area (Å²) in [7, 11) is 0. The molecular formula is C10H13FN2OS. The highest BCUT2D eigenvalue weighted by Crippen LogP contribution is 2.24. The fraction of sp³-hybridized carbons (Fsp3) is 0.300. The summed E-state index contributed by atoms with van der Waals surface area (Å²) in [5.74, 6) is -0.0589. The third-order valence-electron chi connectivity index (χ3n) is 1.80. The van der Waals surface area contributed by atoms with Crippen LogP contribution in [0.25, 0.3) is 0 Å². The van der Waals surface area contributed by atoms with Gasteiger partial charge in [-0.2, -0.15) is 0 Å². The summed E-state index contributed by atoms with van der Waals surface area (Å²) in [4.78, 5) is 0.649. The van der Waals surface area contributed by atoms with Crippen LogP contribution in [0.15, 0.2) is 23.1 Å². The molecule has 1 rings (SSSR count). The van der Waals surface area contributed by atoms with E-state index >= 15 is 0 Å². The molecule has 0 unspecified atom stereocenters. The molecule has 0 radical (unpaired) electrons. The minimum atomic E-state index is -0.475. The SMILES string of the molecule is N=C(N)c1c(F)cccc1SCCCO. The summed E-state index contributed by atoms with van der Waals surface area (Å²) in [5, 5.41) is 15.9. The first-order valence-electron chi connectivity index (χ1n) is 4.53. The Morgan fingerprint density at radius 1 is 1.53 bits per heavy atom. The highest BCUT2D eigenvalue weighted by Gasteiger charge is 2.10. The van der Waals surface area contributed by atoms with Crippen molar-refractivity contribution in [1.82, 2.24) is 0 Å². The number of hydrogen-bond donors (Lipinski definition) is 3. The summed E-state index contributed by atoms with van der Waals surface area (Å²) in [6.45, 7) is 0.109. The number of aliphatic hydroxyl groups excluding tert-OH is 1. The van der Waals surface area contributed by atoms with Crippen LogP contribution in [0.2, 0.25) is 0 Å². The number of halogens is 1. The quantitative estimate of drug-likeness (QED) is 0.310. The normalized spacial score (nSPS) is 10.3. The first-order chi connectivity index (χ1) is 7.16. The Labute approximate surface area is 92.0 Å². The van der Waals surface area contributed by atoms with Crippen LogP contribution in [0.4, 0.5) is 4.39 Å². The Morgan fingerprint density at radius 3 is 2.87 bits per heavy atom. The Balaban J connectivity index is 2.86. The molecule has 0 aliphatic carbocycles. The summed E-state index contributed by atoms with van der Waals surface area (Å²) in [6, 6.07) is 4.59. The van der Waals surface area contributed by atoms with Crippen molar-refractivity contribution in [2.45, 2.75) is 11.3 Å². The minimum absolute atomic E-state index is 0.109. The molecule has 0 fully saturated rings. The molecule has 0 amide bonds. The van der Waals surface area contributed by atoms with Crippen LogP contribution in [0.1, 0.15) is 12.0 Å². The van der Waals surface area contributed by atoms with Crippen molar-refractivity contribution < 1.29 is 9.50 Å². The Morgan fingerprint density at radius 2 is 2.27 bits per heavy atom. The lowest BCUT2D eigenvalue weighted by molar-refractivity contribution is 0.296. The van der Waals surface area contributed by atoms with Gasteiger partial charge in [0.15, 0.2) is 0 Å². The van der Waals surface area contributed by atoms with Crippen molar-refractivity contribution in [3.05, 3.63) is 29.6 Å². The molecule has 5 heteroatoms. The highest BCUT2D eigenvalue weighted by molar-refractivity contribution is 7.99. The Kier molecular flexibility index (Phi) is 4.58. The third-order valence-corrected chi connectivity index (χ3v) is 2.95. The van der Waals surface area contributed by atoms with Gasteiger partial charge in [-0.05, 0) is 18.6 Å². The molecule has 4 N–H and O–H groups in total. The summed E-state index contributed by atoms with van der Waals surface area (Å²) < 4.78 is 13.3. The molecule has 1 aromatic carbocycles. The third kappa shape index (κ3) is 3.21. The lowest BCUT2D eigenvalue weighted by Crippen LogP contribution is -2.14. The predicted octanol–water partition coefficient (Wildman–Crippen LogP) is 1.58. The van der Waals surface area contributed by atoms with Crippen LogP contribution in [0.3, 0.4) is 0 Å². The summed E-state index contributed by atoms with van der Waals surface area (Å²) in [5.41, 5.74) is 5.45. The smallest absolute Gasteiger partial charge is 0.135 e. The maximum Gasteiger partial charge on any atom is 0.135 e. The first-order valence-corrected chi connectivity index (χ1v) is 5.52. The van der Waals surface area contributed by atoms with Gasteiger partial charge in [0.2, 0.25) is 0 Å². The second-order valence-electron chi connectivity index (χ2n) is 2.95. The molecule has 0 saturated carbocycles. The van der Waals surface area contributed by atoms with Gasteiger partial charge in [0.25, 0.3) is 0 Å². The van der Waals surface area contributed by atoms with Gasteiger partial charge in [-0.25, -0.2) is 4.39 Å². The molecular weight excluding hydrogens is 215 g/mol. The van der Waals surface area contributed by atoms with Crippen molar-refractivity contribution in [3.8, 4) is 0 Å². The fourth-order valence-corrected chi connectivity index (χ4v) is 2.15. The van der Waals surface area contributed by atoms with Crippen LogP contribution in [-0.2, 0) is 0 Å². The molecule has 0 heterocycles. The van der Waals surface area contributed by atoms with E-state index in [1.54, 1.807) is 12.1 Å². The van der Waals surface area contributed by atoms with E-state index in [9.17, 15) is 4.39 Å². The van der Waals surface area contributed by atoms with E-state index in [4.69, 9.17) is 16.2 Å². The lowest BCUT2D eigenvalue weighted by atomic mass is 10.2. The molecule has 82 valence electrons. The van der Waals surface area contributed by atoms with Crippen LogP contribution in [0, 0.1) is 11.2 Å². The van der Waals surface area contributed by atoms with Gasteiger partial charge in [-0.1, -0.05) is 6.07 Å². The number of amidine groups is 1. The van der Waals surface area contributed by atoms with Crippen molar-refractivity contribution in [3.63, 3.8) is 0 Å². The van der Waals surface area contributed by atoms with E-state index in [2.05, 4.69) is 0 Å². The molecule has 0 spiro atoms. The lowest BCUT2D eigenvalue weighted by Gasteiger charge is -2.08. The first kappa shape index (κ1) is 12.0. The molecule has 0 aliphatic rings. The van der Waals surface area contributed by atoms with Crippen molar-refractivity contribution >= 4 is 17.6 Å². The molecule has 15 heavy (non-hydrogen) atoms. The largest absolute Gasteiger partial charge is 0.396 e. The van der Waals surface area contributed by atoms with Crippen molar-refractivity contribution in [1.29, 1.82) is 5.41 Å². The molecule has 0 saturated heterocycles. The summed E-state index contributed by atoms with van der Waals surface area (Å²) in [6.07, 6.45) is 0.637. The maximum absolute atomic E-state index is 13.3. The zero-order chi connectivity index (χ0) is 11.3. The minimum Gasteiger partial charge on any atom is -0.396 e. The van der Waals surface area contributed by atoms with Gasteiger partial charge >= 0.3 is 0 Å².